The summed E-state index contributed by atoms with van der Waals surface area (Å²) in [5, 5.41) is 19.9. The third-order valence-electron chi connectivity index (χ3n) is 10.7. The van der Waals surface area contributed by atoms with E-state index in [1.54, 1.807) is 19.1 Å². The highest BCUT2D eigenvalue weighted by atomic mass is 31.2. The van der Waals surface area contributed by atoms with Gasteiger partial charge in [0.25, 0.3) is 0 Å². The highest BCUT2D eigenvalue weighted by molar-refractivity contribution is 7.47. The first kappa shape index (κ1) is 64.5. The summed E-state index contributed by atoms with van der Waals surface area (Å²) >= 11 is 0. The van der Waals surface area contributed by atoms with E-state index >= 15 is 0 Å². The van der Waals surface area contributed by atoms with Crippen molar-refractivity contribution < 1.29 is 95.0 Å². The van der Waals surface area contributed by atoms with E-state index in [1.807, 2.05) is 0 Å². The molecule has 0 radical (unpaired) electrons. The fourth-order valence-electron chi connectivity index (χ4n) is 6.70. The molecule has 77 heavy (non-hydrogen) atoms. The smallest absolute Gasteiger partial charge is 0.404 e. The zero-order valence-electron chi connectivity index (χ0n) is 42.6. The first-order valence-corrected chi connectivity index (χ1v) is 27.9. The number of nitrogens with one attached hydrogen (secondary N) is 8. The molecular formula is C45H64N9O20P3. The van der Waals surface area contributed by atoms with Gasteiger partial charge in [0.1, 0.15) is 59.5 Å². The minimum atomic E-state index is -4.94. The number of rotatable bonds is 28. The average molecular weight is 1140 g/mol. The van der Waals surface area contributed by atoms with Crippen LogP contribution in [0, 0.1) is 0 Å². The second-order valence-corrected chi connectivity index (χ2v) is 21.3. The Morgan fingerprint density at radius 3 is 0.883 bits per heavy atom. The lowest BCUT2D eigenvalue weighted by Gasteiger charge is -2.25. The topological polar surface area (TPSA) is 459 Å². The van der Waals surface area contributed by atoms with Crippen LogP contribution in [0.2, 0.25) is 0 Å². The van der Waals surface area contributed by atoms with E-state index in [1.165, 1.54) is 102 Å². The van der Waals surface area contributed by atoms with Crippen molar-refractivity contribution in [2.24, 2.45) is 5.73 Å². The van der Waals surface area contributed by atoms with Crippen molar-refractivity contribution in [3.05, 3.63) is 89.5 Å². The zero-order valence-corrected chi connectivity index (χ0v) is 45.2. The maximum Gasteiger partial charge on any atom is 0.524 e. The highest BCUT2D eigenvalue weighted by Crippen LogP contribution is 2.39. The van der Waals surface area contributed by atoms with Crippen molar-refractivity contribution in [2.45, 2.75) is 122 Å². The minimum absolute atomic E-state index is 0.0676. The number of phosphoric ester groups is 3. The Morgan fingerprint density at radius 1 is 0.377 bits per heavy atom. The first-order valence-electron chi connectivity index (χ1n) is 23.3. The lowest BCUT2D eigenvalue weighted by Crippen LogP contribution is -2.59. The van der Waals surface area contributed by atoms with Gasteiger partial charge in [0.2, 0.25) is 47.3 Å². The molecule has 32 heteroatoms. The van der Waals surface area contributed by atoms with Crippen LogP contribution in [0.25, 0.3) is 0 Å². The summed E-state index contributed by atoms with van der Waals surface area (Å²) in [6.07, 6.45) is -0.274. The van der Waals surface area contributed by atoms with Gasteiger partial charge in [-0.1, -0.05) is 36.4 Å². The molecule has 29 nitrogen and oxygen atoms in total. The van der Waals surface area contributed by atoms with Crippen LogP contribution < -0.4 is 61.8 Å². The van der Waals surface area contributed by atoms with Crippen LogP contribution in [0.4, 0.5) is 0 Å². The number of carbonyl (C=O) groups is 8. The number of phosphoric acid groups is 3. The van der Waals surface area contributed by atoms with Gasteiger partial charge in [-0.3, -0.25) is 67.7 Å². The summed E-state index contributed by atoms with van der Waals surface area (Å²) in [6.45, 7) is 9.56. The minimum Gasteiger partial charge on any atom is -0.404 e. The molecule has 9 atom stereocenters. The Morgan fingerprint density at radius 2 is 0.610 bits per heavy atom. The third-order valence-corrected chi connectivity index (χ3v) is 12.0. The number of carbonyl (C=O) groups excluding carboxylic acids is 8. The first-order chi connectivity index (χ1) is 35.6. The molecule has 3 aromatic rings. The zero-order chi connectivity index (χ0) is 58.2. The van der Waals surface area contributed by atoms with Crippen LogP contribution in [-0.2, 0) is 71.3 Å². The van der Waals surface area contributed by atoms with Gasteiger partial charge < -0.3 is 61.8 Å². The van der Waals surface area contributed by atoms with Crippen LogP contribution in [0.3, 0.4) is 0 Å². The molecule has 0 bridgehead atoms. The molecule has 0 aliphatic heterocycles. The molecule has 8 amide bonds. The summed E-state index contributed by atoms with van der Waals surface area (Å²) in [7, 11) is -14.6. The predicted octanol–water partition coefficient (Wildman–Crippen LogP) is -1.53. The van der Waals surface area contributed by atoms with Crippen molar-refractivity contribution >= 4 is 70.7 Å². The average Bonchev–Trinajstić information content (AvgIpc) is 3.31. The maximum atomic E-state index is 13.8. The number of hydrogen-bond acceptors (Lipinski definition) is 15. The van der Waals surface area contributed by atoms with Crippen molar-refractivity contribution in [3.63, 3.8) is 0 Å². The predicted molar refractivity (Wildman–Crippen MR) is 272 cm³/mol. The second-order valence-electron chi connectivity index (χ2n) is 17.8. The highest BCUT2D eigenvalue weighted by Gasteiger charge is 2.32. The Kier molecular flexibility index (Phi) is 23.9. The SMILES string of the molecule is C[C@H](Cc1ccc(OP(=O)(O)O)cc1)NC(=O)[C@H](C)NC(=O)[C@H](C)NC(=O)[C@H](Cc1ccc(OP(=O)(O)O)cc1)NC(=O)[C@H](C)NC(=O)[C@H](C)NC(=O)[C@H](Cc1ccc(OP(=O)(O)O)cc1)NC(=O)[C@H](C)NC(=O)[C@H](C)N. The van der Waals surface area contributed by atoms with Crippen molar-refractivity contribution in [1.29, 1.82) is 0 Å². The second kappa shape index (κ2) is 28.6. The van der Waals surface area contributed by atoms with Crippen LogP contribution in [0.15, 0.2) is 72.8 Å². The lowest BCUT2D eigenvalue weighted by atomic mass is 10.0. The summed E-state index contributed by atoms with van der Waals surface area (Å²) in [4.78, 5) is 161. The number of nitrogens with two attached hydrogens (primary N) is 1. The molecule has 0 saturated carbocycles. The molecular weight excluding hydrogens is 1080 g/mol. The summed E-state index contributed by atoms with van der Waals surface area (Å²) in [5.74, 6) is -7.14. The van der Waals surface area contributed by atoms with E-state index in [4.69, 9.17) is 25.3 Å². The van der Waals surface area contributed by atoms with Gasteiger partial charge in [-0.05, 0) is 108 Å². The van der Waals surface area contributed by atoms with E-state index in [0.717, 1.165) is 0 Å². The molecule has 3 aromatic carbocycles. The molecule has 0 saturated heterocycles. The number of benzene rings is 3. The van der Waals surface area contributed by atoms with Gasteiger partial charge in [-0.25, -0.2) is 13.7 Å². The molecule has 16 N–H and O–H groups in total. The number of hydrogen-bond donors (Lipinski definition) is 15. The molecule has 0 heterocycles. The van der Waals surface area contributed by atoms with Gasteiger partial charge in [-0.2, -0.15) is 0 Å². The third kappa shape index (κ3) is 24.0. The normalized spacial score (nSPS) is 15.1. The van der Waals surface area contributed by atoms with Gasteiger partial charge in [-0.15, -0.1) is 0 Å². The van der Waals surface area contributed by atoms with Crippen LogP contribution >= 0.6 is 23.5 Å². The van der Waals surface area contributed by atoms with Gasteiger partial charge >= 0.3 is 23.5 Å². The summed E-state index contributed by atoms with van der Waals surface area (Å²) in [6, 6.07) is 5.06. The molecule has 0 fully saturated rings. The Balaban J connectivity index is 1.72. The van der Waals surface area contributed by atoms with Gasteiger partial charge in [0.05, 0.1) is 6.04 Å². The molecule has 3 rings (SSSR count). The Labute approximate surface area is 441 Å². The van der Waals surface area contributed by atoms with E-state index in [9.17, 15) is 61.8 Å². The summed E-state index contributed by atoms with van der Waals surface area (Å²) < 4.78 is 47.4. The Bertz CT molecular complexity index is 2720. The largest absolute Gasteiger partial charge is 0.524 e. The molecule has 0 aliphatic carbocycles. The fourth-order valence-corrected chi connectivity index (χ4v) is 7.89. The van der Waals surface area contributed by atoms with E-state index in [-0.39, 0.29) is 36.5 Å². The van der Waals surface area contributed by atoms with Gasteiger partial charge in [0, 0.05) is 18.9 Å². The monoisotopic (exact) mass is 1140 g/mol. The van der Waals surface area contributed by atoms with Crippen LogP contribution in [0.1, 0.15) is 65.2 Å². The lowest BCUT2D eigenvalue weighted by molar-refractivity contribution is -0.135. The van der Waals surface area contributed by atoms with Gasteiger partial charge in [0.15, 0.2) is 0 Å². The number of amides is 8. The molecule has 0 aromatic heterocycles. The van der Waals surface area contributed by atoms with Crippen molar-refractivity contribution in [3.8, 4) is 17.2 Å². The summed E-state index contributed by atoms with van der Waals surface area (Å²) in [5.41, 5.74) is 6.93. The Hall–Kier alpha value is -6.77. The quantitative estimate of drug-likeness (QED) is 0.0367. The fraction of sp³-hybridized carbons (Fsp3) is 0.422. The van der Waals surface area contributed by atoms with Crippen molar-refractivity contribution in [1.82, 2.24) is 42.5 Å². The molecule has 0 unspecified atom stereocenters. The molecule has 0 spiro atoms. The van der Waals surface area contributed by atoms with E-state index in [2.05, 4.69) is 56.1 Å². The van der Waals surface area contributed by atoms with Crippen LogP contribution in [0.5, 0.6) is 17.2 Å². The van der Waals surface area contributed by atoms with Crippen molar-refractivity contribution in [2.75, 3.05) is 0 Å². The molecule has 0 aliphatic rings. The van der Waals surface area contributed by atoms with Crippen LogP contribution in [-0.4, -0.2) is 131 Å². The molecule has 424 valence electrons. The van der Waals surface area contributed by atoms with E-state index < -0.39 is 125 Å². The standard InChI is InChI=1S/C45H64N9O20P3/c1-23(20-30-8-14-33(15-9-30)72-75(63,64)65)47-39(56)25(3)49-40(57)26(4)51-45(62)37(22-32-12-18-35(19-13-32)74-77(69,70)71)54-43(60)29(7)50-41(58)27(5)52-44(61)36(53-42(59)28(6)48-38(55)24(2)46)21-31-10-16-34(17-11-31)73-76(66,67)68/h8-19,23-29,36-37H,20-22,46H2,1-7H3,(H,47,56)(H,48,55)(H,49,57)(H,50,58)(H,51,62)(H,52,61)(H,53,59)(H,54,60)(H2,63,64,65)(H2,66,67,68)(H2,69,70,71)/t23-,24+,25+,26+,27+,28+,29+,36+,37+/m1/s1. The maximum absolute atomic E-state index is 13.8. The van der Waals surface area contributed by atoms with E-state index in [0.29, 0.717) is 16.7 Å².